The summed E-state index contributed by atoms with van der Waals surface area (Å²) in [6.07, 6.45) is -12.2. The molecule has 0 aliphatic carbocycles. The summed E-state index contributed by atoms with van der Waals surface area (Å²) in [6, 6.07) is 1.88. The minimum absolute atomic E-state index is 0.193. The molecule has 1 aromatic rings. The van der Waals surface area contributed by atoms with Crippen molar-refractivity contribution in [3.05, 3.63) is 42.7 Å². The van der Waals surface area contributed by atoms with E-state index >= 15 is 0 Å². The van der Waals surface area contributed by atoms with E-state index in [1.165, 1.54) is 0 Å². The summed E-state index contributed by atoms with van der Waals surface area (Å²) in [5.74, 6) is -0.697. The number of halogens is 7. The maximum atomic E-state index is 12.7. The SMILES string of the molecule is C=CC(NC(=O)Nc1ccc(F)cc1)(C(F)(F)F)C(F)(F)F. The second-order valence-corrected chi connectivity index (χ2v) is 4.09. The van der Waals surface area contributed by atoms with E-state index in [0.717, 1.165) is 29.6 Å². The van der Waals surface area contributed by atoms with E-state index < -0.39 is 35.8 Å². The van der Waals surface area contributed by atoms with Crippen LogP contribution < -0.4 is 10.6 Å². The highest BCUT2D eigenvalue weighted by Crippen LogP contribution is 2.43. The molecule has 0 aromatic heterocycles. The van der Waals surface area contributed by atoms with Crippen molar-refractivity contribution in [3.63, 3.8) is 0 Å². The van der Waals surface area contributed by atoms with E-state index in [-0.39, 0.29) is 5.69 Å². The number of alkyl halides is 6. The number of carbonyl (C=O) groups excluding carboxylic acids is 1. The number of rotatable bonds is 3. The minimum Gasteiger partial charge on any atom is -0.313 e. The zero-order chi connectivity index (χ0) is 17.2. The van der Waals surface area contributed by atoms with Crippen molar-refractivity contribution in [1.29, 1.82) is 0 Å². The van der Waals surface area contributed by atoms with E-state index in [4.69, 9.17) is 0 Å². The molecule has 0 bridgehead atoms. The van der Waals surface area contributed by atoms with Crippen LogP contribution >= 0.6 is 0 Å². The molecule has 3 nitrogen and oxygen atoms in total. The van der Waals surface area contributed by atoms with Crippen LogP contribution in [0.25, 0.3) is 0 Å². The minimum atomic E-state index is -5.85. The van der Waals surface area contributed by atoms with Crippen molar-refractivity contribution in [3.8, 4) is 0 Å². The lowest BCUT2D eigenvalue weighted by Gasteiger charge is -2.35. The predicted molar refractivity (Wildman–Crippen MR) is 63.6 cm³/mol. The van der Waals surface area contributed by atoms with Crippen molar-refractivity contribution in [2.24, 2.45) is 0 Å². The van der Waals surface area contributed by atoms with Crippen molar-refractivity contribution < 1.29 is 35.5 Å². The van der Waals surface area contributed by atoms with E-state index in [9.17, 15) is 35.5 Å². The highest BCUT2D eigenvalue weighted by Gasteiger charge is 2.70. The van der Waals surface area contributed by atoms with Gasteiger partial charge in [-0.15, -0.1) is 6.58 Å². The number of urea groups is 1. The Morgan fingerprint density at radius 1 is 1.00 bits per heavy atom. The van der Waals surface area contributed by atoms with Gasteiger partial charge in [0.15, 0.2) is 0 Å². The lowest BCUT2D eigenvalue weighted by Crippen LogP contribution is -2.66. The average molecular weight is 330 g/mol. The van der Waals surface area contributed by atoms with Crippen LogP contribution in [-0.4, -0.2) is 23.9 Å². The van der Waals surface area contributed by atoms with E-state index in [0.29, 0.717) is 0 Å². The second kappa shape index (κ2) is 5.85. The van der Waals surface area contributed by atoms with Crippen LogP contribution in [0.5, 0.6) is 0 Å². The first-order valence-corrected chi connectivity index (χ1v) is 5.55. The summed E-state index contributed by atoms with van der Waals surface area (Å²) in [7, 11) is 0. The zero-order valence-corrected chi connectivity index (χ0v) is 10.6. The van der Waals surface area contributed by atoms with Gasteiger partial charge in [-0.25, -0.2) is 9.18 Å². The van der Waals surface area contributed by atoms with Gasteiger partial charge < -0.3 is 10.6 Å². The van der Waals surface area contributed by atoms with Crippen molar-refractivity contribution in [2.45, 2.75) is 17.9 Å². The van der Waals surface area contributed by atoms with Crippen molar-refractivity contribution >= 4 is 11.7 Å². The highest BCUT2D eigenvalue weighted by atomic mass is 19.4. The Hall–Kier alpha value is -2.26. The summed E-state index contributed by atoms with van der Waals surface area (Å²) in [6.45, 7) is 2.51. The summed E-state index contributed by atoms with van der Waals surface area (Å²) in [4.78, 5) is 11.4. The first-order chi connectivity index (χ1) is 9.93. The normalized spacial score (nSPS) is 12.7. The number of nitrogens with one attached hydrogen (secondary N) is 2. The molecule has 1 aromatic carbocycles. The first-order valence-electron chi connectivity index (χ1n) is 5.55. The van der Waals surface area contributed by atoms with Crippen LogP contribution in [-0.2, 0) is 0 Å². The van der Waals surface area contributed by atoms with Gasteiger partial charge in [-0.3, -0.25) is 0 Å². The fraction of sp³-hybridized carbons (Fsp3) is 0.250. The molecule has 22 heavy (non-hydrogen) atoms. The lowest BCUT2D eigenvalue weighted by atomic mass is 9.98. The molecule has 0 fully saturated rings. The van der Waals surface area contributed by atoms with Crippen LogP contribution in [0.3, 0.4) is 0 Å². The molecule has 0 spiro atoms. The van der Waals surface area contributed by atoms with Crippen molar-refractivity contribution in [2.75, 3.05) is 5.32 Å². The smallest absolute Gasteiger partial charge is 0.313 e. The van der Waals surface area contributed by atoms with E-state index in [1.807, 2.05) is 0 Å². The Morgan fingerprint density at radius 2 is 1.45 bits per heavy atom. The number of benzene rings is 1. The molecule has 2 amide bonds. The summed E-state index contributed by atoms with van der Waals surface area (Å²) in [5.41, 5.74) is -4.80. The third kappa shape index (κ3) is 3.49. The van der Waals surface area contributed by atoms with Gasteiger partial charge in [-0.1, -0.05) is 0 Å². The Balaban J connectivity index is 3.02. The molecule has 0 heterocycles. The number of carbonyl (C=O) groups is 1. The van der Waals surface area contributed by atoms with Gasteiger partial charge in [-0.05, 0) is 30.3 Å². The molecule has 0 saturated carbocycles. The van der Waals surface area contributed by atoms with Gasteiger partial charge in [-0.2, -0.15) is 26.3 Å². The molecule has 0 saturated heterocycles. The highest BCUT2D eigenvalue weighted by molar-refractivity contribution is 5.90. The average Bonchev–Trinajstić information content (AvgIpc) is 2.35. The van der Waals surface area contributed by atoms with Crippen LogP contribution in [0.2, 0.25) is 0 Å². The predicted octanol–water partition coefficient (Wildman–Crippen LogP) is 4.00. The molecule has 0 atom stereocenters. The van der Waals surface area contributed by atoms with Crippen molar-refractivity contribution in [1.82, 2.24) is 5.32 Å². The van der Waals surface area contributed by atoms with Gasteiger partial charge in [0, 0.05) is 5.69 Å². The second-order valence-electron chi connectivity index (χ2n) is 4.09. The van der Waals surface area contributed by atoms with Gasteiger partial charge >= 0.3 is 18.4 Å². The molecule has 1 rings (SSSR count). The Kier molecular flexibility index (Phi) is 4.73. The van der Waals surface area contributed by atoms with Gasteiger partial charge in [0.1, 0.15) is 5.82 Å². The molecule has 0 aliphatic rings. The Bertz CT molecular complexity index is 534. The monoisotopic (exact) mass is 330 g/mol. The van der Waals surface area contributed by atoms with Crippen LogP contribution in [0.1, 0.15) is 0 Å². The van der Waals surface area contributed by atoms with E-state index in [1.54, 1.807) is 5.32 Å². The summed E-state index contributed by atoms with van der Waals surface area (Å²) in [5, 5.41) is 2.55. The standard InChI is InChI=1S/C12H9F7N2O/c1-2-10(11(14,15)16,12(17,18)19)21-9(22)20-8-5-3-7(13)4-6-8/h2-6H,1H2,(H2,20,21,22). The number of amides is 2. The number of anilines is 1. The Labute approximate surface area is 119 Å². The van der Waals surface area contributed by atoms with Crippen LogP contribution in [0.15, 0.2) is 36.9 Å². The summed E-state index contributed by atoms with van der Waals surface area (Å²) >= 11 is 0. The van der Waals surface area contributed by atoms with Gasteiger partial charge in [0.2, 0.25) is 0 Å². The Morgan fingerprint density at radius 3 is 1.82 bits per heavy atom. The quantitative estimate of drug-likeness (QED) is 0.638. The number of hydrogen-bond acceptors (Lipinski definition) is 1. The third-order valence-electron chi connectivity index (χ3n) is 2.61. The van der Waals surface area contributed by atoms with E-state index in [2.05, 4.69) is 6.58 Å². The van der Waals surface area contributed by atoms with Gasteiger partial charge in [0.25, 0.3) is 5.54 Å². The molecule has 0 unspecified atom stereocenters. The third-order valence-corrected chi connectivity index (χ3v) is 2.61. The van der Waals surface area contributed by atoms with Gasteiger partial charge in [0.05, 0.1) is 0 Å². The first kappa shape index (κ1) is 17.8. The fourth-order valence-electron chi connectivity index (χ4n) is 1.46. The number of hydrogen-bond donors (Lipinski definition) is 2. The zero-order valence-electron chi connectivity index (χ0n) is 10.6. The molecule has 122 valence electrons. The molecule has 10 heteroatoms. The topological polar surface area (TPSA) is 41.1 Å². The lowest BCUT2D eigenvalue weighted by molar-refractivity contribution is -0.286. The molecule has 0 radical (unpaired) electrons. The summed E-state index contributed by atoms with van der Waals surface area (Å²) < 4.78 is 89.1. The molecule has 0 aliphatic heterocycles. The van der Waals surface area contributed by atoms with Crippen LogP contribution in [0, 0.1) is 5.82 Å². The largest absolute Gasteiger partial charge is 0.424 e. The molecular formula is C12H9F7N2O. The van der Waals surface area contributed by atoms with Crippen LogP contribution in [0.4, 0.5) is 41.2 Å². The maximum Gasteiger partial charge on any atom is 0.424 e. The molecular weight excluding hydrogens is 321 g/mol. The fourth-order valence-corrected chi connectivity index (χ4v) is 1.46. The maximum absolute atomic E-state index is 12.7. The molecule has 2 N–H and O–H groups in total.